The lowest BCUT2D eigenvalue weighted by molar-refractivity contribution is 0.639. The van der Waals surface area contributed by atoms with Gasteiger partial charge >= 0.3 is 0 Å². The molecule has 0 aliphatic heterocycles. The summed E-state index contributed by atoms with van der Waals surface area (Å²) in [6, 6.07) is 12.3. The van der Waals surface area contributed by atoms with Gasteiger partial charge in [0.2, 0.25) is 0 Å². The average Bonchev–Trinajstić information content (AvgIpc) is 2.85. The Hall–Kier alpha value is -1.09. The first kappa shape index (κ1) is 12.9. The van der Waals surface area contributed by atoms with Crippen LogP contribution < -0.4 is 0 Å². The first-order valence-electron chi connectivity index (χ1n) is 5.72. The lowest BCUT2D eigenvalue weighted by atomic mass is 10.0. The molecule has 0 nitrogen and oxygen atoms in total. The van der Waals surface area contributed by atoms with Gasteiger partial charge < -0.3 is 0 Å². The lowest BCUT2D eigenvalue weighted by Crippen LogP contribution is -1.94. The molecule has 0 radical (unpaired) electrons. The molecule has 3 rings (SSSR count). The van der Waals surface area contributed by atoms with Gasteiger partial charge in [0, 0.05) is 10.3 Å². The summed E-state index contributed by atoms with van der Waals surface area (Å²) in [4.78, 5) is 0.889. The van der Waals surface area contributed by atoms with Crippen molar-refractivity contribution in [3.63, 3.8) is 0 Å². The van der Waals surface area contributed by atoms with Crippen molar-refractivity contribution in [1.29, 1.82) is 0 Å². The van der Waals surface area contributed by atoms with Gasteiger partial charge in [-0.3, -0.25) is 0 Å². The molecular formula is C15H9Cl2FS. The Kier molecular flexibility index (Phi) is 3.48. The molecule has 0 bridgehead atoms. The molecule has 0 fully saturated rings. The minimum Gasteiger partial charge on any atom is -0.206 e. The van der Waals surface area contributed by atoms with Crippen LogP contribution in [0, 0.1) is 5.82 Å². The highest BCUT2D eigenvalue weighted by atomic mass is 35.5. The molecule has 0 saturated carbocycles. The molecule has 0 spiro atoms. The minimum absolute atomic E-state index is 0.236. The van der Waals surface area contributed by atoms with Crippen molar-refractivity contribution in [3.8, 4) is 0 Å². The van der Waals surface area contributed by atoms with Crippen LogP contribution >= 0.6 is 34.5 Å². The van der Waals surface area contributed by atoms with E-state index in [-0.39, 0.29) is 11.2 Å². The summed E-state index contributed by atoms with van der Waals surface area (Å²) in [5, 5.41) is 3.60. The Morgan fingerprint density at radius 1 is 1.00 bits per heavy atom. The van der Waals surface area contributed by atoms with E-state index in [1.165, 1.54) is 17.4 Å². The van der Waals surface area contributed by atoms with E-state index in [1.807, 2.05) is 29.6 Å². The standard InChI is InChI=1S/C15H9Cl2FS/c16-12-7-8-19-15(12)14(17)11-5-6-13(18)10-4-2-1-3-9(10)11/h1-8,14H. The molecule has 0 aliphatic rings. The van der Waals surface area contributed by atoms with E-state index < -0.39 is 0 Å². The Morgan fingerprint density at radius 3 is 2.42 bits per heavy atom. The highest BCUT2D eigenvalue weighted by molar-refractivity contribution is 7.11. The predicted octanol–water partition coefficient (Wildman–Crippen LogP) is 6.02. The summed E-state index contributed by atoms with van der Waals surface area (Å²) in [5.74, 6) is -0.236. The van der Waals surface area contributed by atoms with Crippen molar-refractivity contribution in [3.05, 3.63) is 69.1 Å². The molecule has 1 aromatic heterocycles. The second-order valence-corrected chi connectivity index (χ2v) is 5.97. The quantitative estimate of drug-likeness (QED) is 0.507. The molecule has 1 heterocycles. The number of halogens is 3. The summed E-state index contributed by atoms with van der Waals surface area (Å²) in [5.41, 5.74) is 0.878. The Morgan fingerprint density at radius 2 is 1.74 bits per heavy atom. The van der Waals surface area contributed by atoms with Gasteiger partial charge in [-0.05, 0) is 28.5 Å². The molecule has 3 aromatic rings. The van der Waals surface area contributed by atoms with Crippen molar-refractivity contribution in [2.45, 2.75) is 5.38 Å². The minimum atomic E-state index is -0.363. The van der Waals surface area contributed by atoms with Crippen molar-refractivity contribution < 1.29 is 4.39 Å². The SMILES string of the molecule is Fc1ccc(C(Cl)c2sccc2Cl)c2ccccc12. The van der Waals surface area contributed by atoms with E-state index in [2.05, 4.69) is 0 Å². The summed E-state index contributed by atoms with van der Waals surface area (Å²) in [6.45, 7) is 0. The topological polar surface area (TPSA) is 0 Å². The van der Waals surface area contributed by atoms with E-state index in [1.54, 1.807) is 12.1 Å². The fraction of sp³-hybridized carbons (Fsp3) is 0.0667. The van der Waals surface area contributed by atoms with Gasteiger partial charge in [-0.25, -0.2) is 4.39 Å². The van der Waals surface area contributed by atoms with Gasteiger partial charge in [-0.2, -0.15) is 0 Å². The van der Waals surface area contributed by atoms with Gasteiger partial charge in [0.1, 0.15) is 5.82 Å². The monoisotopic (exact) mass is 310 g/mol. The highest BCUT2D eigenvalue weighted by Gasteiger charge is 2.18. The molecule has 0 N–H and O–H groups in total. The number of thiophene rings is 1. The van der Waals surface area contributed by atoms with Crippen molar-refractivity contribution in [1.82, 2.24) is 0 Å². The lowest BCUT2D eigenvalue weighted by Gasteiger charge is -2.12. The molecule has 4 heteroatoms. The normalized spacial score (nSPS) is 12.8. The maximum absolute atomic E-state index is 13.8. The summed E-state index contributed by atoms with van der Waals surface area (Å²) >= 11 is 14.1. The summed E-state index contributed by atoms with van der Waals surface area (Å²) in [7, 11) is 0. The fourth-order valence-electron chi connectivity index (χ4n) is 2.13. The Balaban J connectivity index is 2.21. The third kappa shape index (κ3) is 2.25. The first-order valence-corrected chi connectivity index (χ1v) is 7.42. The van der Waals surface area contributed by atoms with E-state index in [0.717, 1.165) is 15.8 Å². The molecule has 0 aliphatic carbocycles. The molecule has 0 amide bonds. The number of fused-ring (bicyclic) bond motifs is 1. The molecule has 0 saturated heterocycles. The molecule has 1 atom stereocenters. The van der Waals surface area contributed by atoms with E-state index in [4.69, 9.17) is 23.2 Å². The highest BCUT2D eigenvalue weighted by Crippen LogP contribution is 2.40. The molecule has 2 aromatic carbocycles. The van der Waals surface area contributed by atoms with E-state index in [0.29, 0.717) is 10.4 Å². The van der Waals surface area contributed by atoms with Crippen molar-refractivity contribution in [2.75, 3.05) is 0 Å². The van der Waals surface area contributed by atoms with Crippen LogP contribution in [0.25, 0.3) is 10.8 Å². The van der Waals surface area contributed by atoms with Crippen LogP contribution in [-0.4, -0.2) is 0 Å². The third-order valence-electron chi connectivity index (χ3n) is 3.05. The van der Waals surface area contributed by atoms with Crippen LogP contribution in [0.2, 0.25) is 5.02 Å². The van der Waals surface area contributed by atoms with Crippen LogP contribution in [0.5, 0.6) is 0 Å². The average molecular weight is 311 g/mol. The maximum atomic E-state index is 13.8. The zero-order chi connectivity index (χ0) is 13.4. The summed E-state index contributed by atoms with van der Waals surface area (Å²) in [6.07, 6.45) is 0. The van der Waals surface area contributed by atoms with Crippen LogP contribution in [0.3, 0.4) is 0 Å². The zero-order valence-corrected chi connectivity index (χ0v) is 12.1. The Bertz CT molecular complexity index is 736. The van der Waals surface area contributed by atoms with Gasteiger partial charge in [0.05, 0.1) is 10.4 Å². The fourth-order valence-corrected chi connectivity index (χ4v) is 3.81. The van der Waals surface area contributed by atoms with Crippen molar-refractivity contribution >= 4 is 45.3 Å². The second kappa shape index (κ2) is 5.12. The molecular weight excluding hydrogens is 302 g/mol. The number of hydrogen-bond donors (Lipinski definition) is 0. The van der Waals surface area contributed by atoms with E-state index in [9.17, 15) is 4.39 Å². The number of benzene rings is 2. The van der Waals surface area contributed by atoms with Crippen LogP contribution in [-0.2, 0) is 0 Å². The molecule has 19 heavy (non-hydrogen) atoms. The van der Waals surface area contributed by atoms with E-state index >= 15 is 0 Å². The summed E-state index contributed by atoms with van der Waals surface area (Å²) < 4.78 is 13.8. The Labute approximate surface area is 124 Å². The second-order valence-electron chi connectivity index (χ2n) is 4.18. The first-order chi connectivity index (χ1) is 9.18. The molecule has 96 valence electrons. The zero-order valence-electron chi connectivity index (χ0n) is 9.74. The van der Waals surface area contributed by atoms with Gasteiger partial charge in [-0.15, -0.1) is 22.9 Å². The van der Waals surface area contributed by atoms with Gasteiger partial charge in [-0.1, -0.05) is 41.9 Å². The molecule has 1 unspecified atom stereocenters. The smallest absolute Gasteiger partial charge is 0.131 e. The number of alkyl halides is 1. The van der Waals surface area contributed by atoms with Crippen molar-refractivity contribution in [2.24, 2.45) is 0 Å². The number of hydrogen-bond acceptors (Lipinski definition) is 1. The van der Waals surface area contributed by atoms with Crippen LogP contribution in [0.1, 0.15) is 15.8 Å². The predicted molar refractivity (Wildman–Crippen MR) is 80.9 cm³/mol. The van der Waals surface area contributed by atoms with Crippen LogP contribution in [0.4, 0.5) is 4.39 Å². The van der Waals surface area contributed by atoms with Gasteiger partial charge in [0.15, 0.2) is 0 Å². The van der Waals surface area contributed by atoms with Gasteiger partial charge in [0.25, 0.3) is 0 Å². The largest absolute Gasteiger partial charge is 0.206 e. The van der Waals surface area contributed by atoms with Crippen LogP contribution in [0.15, 0.2) is 47.8 Å². The number of rotatable bonds is 2. The third-order valence-corrected chi connectivity index (χ3v) is 5.06. The maximum Gasteiger partial charge on any atom is 0.131 e.